The molecule has 0 aliphatic carbocycles. The molecule has 0 saturated heterocycles. The van der Waals surface area contributed by atoms with Gasteiger partial charge in [0.25, 0.3) is 5.69 Å². The second-order valence-electron chi connectivity index (χ2n) is 4.25. The van der Waals surface area contributed by atoms with Crippen LogP contribution in [0.2, 0.25) is 0 Å². The van der Waals surface area contributed by atoms with Gasteiger partial charge in [-0.25, -0.2) is 0 Å². The van der Waals surface area contributed by atoms with Gasteiger partial charge < -0.3 is 5.32 Å². The smallest absolute Gasteiger partial charge is 0.269 e. The topological polar surface area (TPSA) is 55.2 Å². The van der Waals surface area contributed by atoms with Crippen molar-refractivity contribution in [3.63, 3.8) is 0 Å². The van der Waals surface area contributed by atoms with E-state index in [1.807, 2.05) is 26.0 Å². The maximum absolute atomic E-state index is 10.5. The Morgan fingerprint density at radius 2 is 1.72 bits per heavy atom. The molecule has 0 aliphatic rings. The number of hydrogen-bond donors (Lipinski definition) is 1. The second-order valence-corrected chi connectivity index (χ2v) is 4.25. The number of nitro benzene ring substituents is 1. The maximum Gasteiger partial charge on any atom is 0.269 e. The van der Waals surface area contributed by atoms with Gasteiger partial charge >= 0.3 is 0 Å². The zero-order chi connectivity index (χ0) is 13.1. The van der Waals surface area contributed by atoms with Crippen LogP contribution in [0.3, 0.4) is 0 Å². The fourth-order valence-electron chi connectivity index (χ4n) is 1.78. The van der Waals surface area contributed by atoms with Gasteiger partial charge in [-0.1, -0.05) is 17.7 Å². The van der Waals surface area contributed by atoms with Crippen LogP contribution in [0.5, 0.6) is 0 Å². The molecule has 0 radical (unpaired) electrons. The van der Waals surface area contributed by atoms with E-state index in [1.54, 1.807) is 12.1 Å². The predicted octanol–water partition coefficient (Wildman–Crippen LogP) is 3.96. The lowest BCUT2D eigenvalue weighted by atomic mass is 10.1. The van der Waals surface area contributed by atoms with Crippen LogP contribution in [0, 0.1) is 24.0 Å². The van der Waals surface area contributed by atoms with Crippen LogP contribution in [-0.4, -0.2) is 4.92 Å². The normalized spacial score (nSPS) is 10.1. The molecule has 0 saturated carbocycles. The van der Waals surface area contributed by atoms with Crippen LogP contribution in [0.15, 0.2) is 42.5 Å². The highest BCUT2D eigenvalue weighted by atomic mass is 16.6. The number of benzene rings is 2. The van der Waals surface area contributed by atoms with Gasteiger partial charge in [-0.05, 0) is 37.6 Å². The minimum Gasteiger partial charge on any atom is -0.355 e. The van der Waals surface area contributed by atoms with Gasteiger partial charge in [-0.15, -0.1) is 0 Å². The molecule has 2 rings (SSSR count). The molecule has 0 aromatic heterocycles. The van der Waals surface area contributed by atoms with E-state index in [0.29, 0.717) is 0 Å². The maximum atomic E-state index is 10.5. The summed E-state index contributed by atoms with van der Waals surface area (Å²) in [4.78, 5) is 10.1. The summed E-state index contributed by atoms with van der Waals surface area (Å²) in [6.07, 6.45) is 0. The van der Waals surface area contributed by atoms with Gasteiger partial charge in [0.15, 0.2) is 0 Å². The van der Waals surface area contributed by atoms with Gasteiger partial charge in [0.05, 0.1) is 4.92 Å². The standard InChI is InChI=1S/C14H14N2O2/c1-10-3-8-14(11(2)9-10)15-12-4-6-13(7-5-12)16(17)18/h3-9,15H,1-2H3. The monoisotopic (exact) mass is 242 g/mol. The number of nitrogens with zero attached hydrogens (tertiary/aromatic N) is 1. The van der Waals surface area contributed by atoms with E-state index >= 15 is 0 Å². The number of nitro groups is 1. The molecule has 0 bridgehead atoms. The molecule has 0 fully saturated rings. The Hall–Kier alpha value is -2.36. The van der Waals surface area contributed by atoms with Crippen molar-refractivity contribution < 1.29 is 4.92 Å². The molecule has 0 spiro atoms. The van der Waals surface area contributed by atoms with Crippen molar-refractivity contribution in [1.29, 1.82) is 0 Å². The summed E-state index contributed by atoms with van der Waals surface area (Å²) in [6, 6.07) is 12.5. The highest BCUT2D eigenvalue weighted by molar-refractivity contribution is 5.64. The van der Waals surface area contributed by atoms with Crippen molar-refractivity contribution in [2.24, 2.45) is 0 Å². The van der Waals surface area contributed by atoms with Gasteiger partial charge in [0, 0.05) is 23.5 Å². The Bertz CT molecular complexity index is 577. The molecule has 0 amide bonds. The number of nitrogens with one attached hydrogen (secondary N) is 1. The lowest BCUT2D eigenvalue weighted by Crippen LogP contribution is -1.94. The van der Waals surface area contributed by atoms with Crippen LogP contribution >= 0.6 is 0 Å². The van der Waals surface area contributed by atoms with Gasteiger partial charge in [-0.2, -0.15) is 0 Å². The molecule has 18 heavy (non-hydrogen) atoms. The third kappa shape index (κ3) is 2.66. The molecular formula is C14H14N2O2. The van der Waals surface area contributed by atoms with Crippen molar-refractivity contribution in [3.05, 3.63) is 63.7 Å². The first-order valence-electron chi connectivity index (χ1n) is 5.65. The van der Waals surface area contributed by atoms with E-state index in [4.69, 9.17) is 0 Å². The van der Waals surface area contributed by atoms with Crippen LogP contribution in [-0.2, 0) is 0 Å². The Kier molecular flexibility index (Phi) is 3.28. The van der Waals surface area contributed by atoms with Crippen molar-refractivity contribution in [2.75, 3.05) is 5.32 Å². The highest BCUT2D eigenvalue weighted by Gasteiger charge is 2.04. The quantitative estimate of drug-likeness (QED) is 0.654. The van der Waals surface area contributed by atoms with Crippen molar-refractivity contribution in [2.45, 2.75) is 13.8 Å². The average Bonchev–Trinajstić information content (AvgIpc) is 2.33. The summed E-state index contributed by atoms with van der Waals surface area (Å²) in [5.41, 5.74) is 4.30. The first kappa shape index (κ1) is 12.1. The third-order valence-electron chi connectivity index (χ3n) is 2.74. The average molecular weight is 242 g/mol. The Morgan fingerprint density at radius 1 is 1.06 bits per heavy atom. The fourth-order valence-corrected chi connectivity index (χ4v) is 1.78. The highest BCUT2D eigenvalue weighted by Crippen LogP contribution is 2.23. The zero-order valence-corrected chi connectivity index (χ0v) is 10.3. The number of non-ortho nitro benzene ring substituents is 1. The number of anilines is 2. The fraction of sp³-hybridized carbons (Fsp3) is 0.143. The van der Waals surface area contributed by atoms with E-state index in [0.717, 1.165) is 16.9 Å². The number of rotatable bonds is 3. The molecule has 92 valence electrons. The van der Waals surface area contributed by atoms with E-state index < -0.39 is 4.92 Å². The van der Waals surface area contributed by atoms with Crippen molar-refractivity contribution >= 4 is 17.1 Å². The van der Waals surface area contributed by atoms with Gasteiger partial charge in [0.1, 0.15) is 0 Å². The summed E-state index contributed by atoms with van der Waals surface area (Å²) in [6.45, 7) is 4.07. The molecule has 0 unspecified atom stereocenters. The first-order valence-corrected chi connectivity index (χ1v) is 5.65. The molecule has 4 nitrogen and oxygen atoms in total. The molecule has 0 aliphatic heterocycles. The number of aryl methyl sites for hydroxylation is 2. The molecule has 0 heterocycles. The molecule has 2 aromatic rings. The summed E-state index contributed by atoms with van der Waals surface area (Å²) < 4.78 is 0. The Labute approximate surface area is 105 Å². The van der Waals surface area contributed by atoms with E-state index in [-0.39, 0.29) is 5.69 Å². The van der Waals surface area contributed by atoms with Crippen LogP contribution in [0.25, 0.3) is 0 Å². The van der Waals surface area contributed by atoms with Crippen molar-refractivity contribution in [1.82, 2.24) is 0 Å². The zero-order valence-electron chi connectivity index (χ0n) is 10.3. The molecule has 4 heteroatoms. The Morgan fingerprint density at radius 3 is 2.28 bits per heavy atom. The van der Waals surface area contributed by atoms with Crippen LogP contribution in [0.1, 0.15) is 11.1 Å². The first-order chi connectivity index (χ1) is 8.56. The summed E-state index contributed by atoms with van der Waals surface area (Å²) >= 11 is 0. The summed E-state index contributed by atoms with van der Waals surface area (Å²) in [5.74, 6) is 0. The van der Waals surface area contributed by atoms with Gasteiger partial charge in [0.2, 0.25) is 0 Å². The summed E-state index contributed by atoms with van der Waals surface area (Å²) in [7, 11) is 0. The van der Waals surface area contributed by atoms with E-state index in [1.165, 1.54) is 17.7 Å². The van der Waals surface area contributed by atoms with Crippen LogP contribution in [0.4, 0.5) is 17.1 Å². The molecule has 0 atom stereocenters. The van der Waals surface area contributed by atoms with Crippen LogP contribution < -0.4 is 5.32 Å². The lowest BCUT2D eigenvalue weighted by molar-refractivity contribution is -0.384. The number of hydrogen-bond acceptors (Lipinski definition) is 3. The van der Waals surface area contributed by atoms with Crippen molar-refractivity contribution in [3.8, 4) is 0 Å². The SMILES string of the molecule is Cc1ccc(Nc2ccc([N+](=O)[O-])cc2)c(C)c1. The third-order valence-corrected chi connectivity index (χ3v) is 2.74. The summed E-state index contributed by atoms with van der Waals surface area (Å²) in [5, 5.41) is 13.8. The molecular weight excluding hydrogens is 228 g/mol. The largest absolute Gasteiger partial charge is 0.355 e. The van der Waals surface area contributed by atoms with E-state index in [9.17, 15) is 10.1 Å². The minimum absolute atomic E-state index is 0.0983. The lowest BCUT2D eigenvalue weighted by Gasteiger charge is -2.10. The Balaban J connectivity index is 2.21. The van der Waals surface area contributed by atoms with Gasteiger partial charge in [-0.3, -0.25) is 10.1 Å². The van der Waals surface area contributed by atoms with E-state index in [2.05, 4.69) is 11.4 Å². The predicted molar refractivity (Wildman–Crippen MR) is 72.3 cm³/mol. The minimum atomic E-state index is -0.402. The molecule has 2 aromatic carbocycles. The second kappa shape index (κ2) is 4.87. The molecule has 1 N–H and O–H groups in total.